The average Bonchev–Trinajstić information content (AvgIpc) is 3.08. The van der Waals surface area contributed by atoms with Gasteiger partial charge in [-0.1, -0.05) is 30.7 Å². The van der Waals surface area contributed by atoms with Crippen molar-refractivity contribution in [2.75, 3.05) is 34.3 Å². The maximum Gasteiger partial charge on any atom is 0.320 e. The molecule has 2 aromatic carbocycles. The van der Waals surface area contributed by atoms with E-state index >= 15 is 0 Å². The van der Waals surface area contributed by atoms with Gasteiger partial charge in [0.25, 0.3) is 0 Å². The van der Waals surface area contributed by atoms with E-state index in [2.05, 4.69) is 40.9 Å². The van der Waals surface area contributed by atoms with Crippen LogP contribution in [-0.2, 0) is 12.1 Å². The van der Waals surface area contributed by atoms with E-state index in [0.29, 0.717) is 12.5 Å². The predicted octanol–water partition coefficient (Wildman–Crippen LogP) is 5.64. The minimum absolute atomic E-state index is 0.126. The standard InChI is InChI=1S/C29H38FN3O2/c1-31(2)29(24-9-11-25(30)12-10-24)17-15-28(16-18-29)21-32(19-23-7-13-26(35-3)14-8-23)27(34)33(28)20-22-5-4-6-22/h7-14,22H,4-6,15-21H2,1-3H3/t28-,29+. The van der Waals surface area contributed by atoms with Crippen molar-refractivity contribution in [2.24, 2.45) is 5.92 Å². The van der Waals surface area contributed by atoms with Crippen molar-refractivity contribution < 1.29 is 13.9 Å². The summed E-state index contributed by atoms with van der Waals surface area (Å²) in [6, 6.07) is 15.3. The Morgan fingerprint density at radius 2 is 1.66 bits per heavy atom. The lowest BCUT2D eigenvalue weighted by Crippen LogP contribution is -2.56. The molecule has 2 aromatic rings. The molecule has 5 rings (SSSR count). The van der Waals surface area contributed by atoms with Crippen LogP contribution in [-0.4, -0.2) is 60.6 Å². The van der Waals surface area contributed by atoms with Crippen LogP contribution < -0.4 is 4.74 Å². The van der Waals surface area contributed by atoms with Crippen LogP contribution in [0.25, 0.3) is 0 Å². The van der Waals surface area contributed by atoms with E-state index < -0.39 is 0 Å². The second kappa shape index (κ2) is 9.45. The van der Waals surface area contributed by atoms with Crippen molar-refractivity contribution in [3.63, 3.8) is 0 Å². The molecule has 3 fully saturated rings. The highest BCUT2D eigenvalue weighted by Gasteiger charge is 2.54. The van der Waals surface area contributed by atoms with Crippen molar-refractivity contribution in [1.82, 2.24) is 14.7 Å². The van der Waals surface area contributed by atoms with Gasteiger partial charge in [0.1, 0.15) is 11.6 Å². The smallest absolute Gasteiger partial charge is 0.320 e. The molecule has 0 N–H and O–H groups in total. The SMILES string of the molecule is COc1ccc(CN2C[C@]3(CC[C@](c4ccc(F)cc4)(N(C)C)CC3)N(CC3CCC3)C2=O)cc1. The van der Waals surface area contributed by atoms with Gasteiger partial charge in [-0.05, 0) is 93.9 Å². The number of urea groups is 1. The first kappa shape index (κ1) is 24.1. The van der Waals surface area contributed by atoms with Gasteiger partial charge in [0.05, 0.1) is 12.6 Å². The lowest BCUT2D eigenvalue weighted by molar-refractivity contribution is 0.0158. The molecule has 1 heterocycles. The number of rotatable bonds is 7. The molecule has 1 aliphatic heterocycles. The Morgan fingerprint density at radius 1 is 1.00 bits per heavy atom. The largest absolute Gasteiger partial charge is 0.497 e. The number of carbonyl (C=O) groups is 1. The van der Waals surface area contributed by atoms with E-state index in [-0.39, 0.29) is 22.9 Å². The van der Waals surface area contributed by atoms with Crippen LogP contribution in [0.5, 0.6) is 5.75 Å². The zero-order valence-electron chi connectivity index (χ0n) is 21.3. The van der Waals surface area contributed by atoms with Crippen LogP contribution in [0.3, 0.4) is 0 Å². The number of ether oxygens (including phenoxy) is 1. The van der Waals surface area contributed by atoms with Crippen molar-refractivity contribution in [1.29, 1.82) is 0 Å². The van der Waals surface area contributed by atoms with Gasteiger partial charge in [-0.2, -0.15) is 0 Å². The number of halogens is 1. The van der Waals surface area contributed by atoms with E-state index in [4.69, 9.17) is 4.74 Å². The third kappa shape index (κ3) is 4.42. The normalized spacial score (nSPS) is 27.1. The number of methoxy groups -OCH3 is 1. The molecule has 5 nitrogen and oxygen atoms in total. The zero-order valence-corrected chi connectivity index (χ0v) is 21.3. The fraction of sp³-hybridized carbons (Fsp3) is 0.552. The number of hydrogen-bond donors (Lipinski definition) is 0. The van der Waals surface area contributed by atoms with Crippen LogP contribution in [0, 0.1) is 11.7 Å². The fourth-order valence-corrected chi connectivity index (χ4v) is 6.47. The Labute approximate surface area is 208 Å². The summed E-state index contributed by atoms with van der Waals surface area (Å²) in [6.45, 7) is 2.28. The van der Waals surface area contributed by atoms with Crippen LogP contribution in [0.2, 0.25) is 0 Å². The molecule has 1 saturated heterocycles. The first-order chi connectivity index (χ1) is 16.8. The van der Waals surface area contributed by atoms with Gasteiger partial charge in [0, 0.05) is 25.2 Å². The van der Waals surface area contributed by atoms with Gasteiger partial charge < -0.3 is 14.5 Å². The average molecular weight is 480 g/mol. The minimum atomic E-state index is -0.197. The summed E-state index contributed by atoms with van der Waals surface area (Å²) < 4.78 is 19.0. The third-order valence-electron chi connectivity index (χ3n) is 9.00. The molecule has 0 radical (unpaired) electrons. The zero-order chi connectivity index (χ0) is 24.6. The van der Waals surface area contributed by atoms with Gasteiger partial charge in [0.2, 0.25) is 0 Å². The first-order valence-corrected chi connectivity index (χ1v) is 13.0. The summed E-state index contributed by atoms with van der Waals surface area (Å²) in [5.74, 6) is 1.27. The summed E-state index contributed by atoms with van der Waals surface area (Å²) in [7, 11) is 5.93. The Balaban J connectivity index is 1.38. The van der Waals surface area contributed by atoms with E-state index in [0.717, 1.165) is 50.1 Å². The van der Waals surface area contributed by atoms with Gasteiger partial charge in [0.15, 0.2) is 0 Å². The molecule has 188 valence electrons. The molecular weight excluding hydrogens is 441 g/mol. The Kier molecular flexibility index (Phi) is 6.51. The topological polar surface area (TPSA) is 36.0 Å². The minimum Gasteiger partial charge on any atom is -0.497 e. The van der Waals surface area contributed by atoms with Crippen LogP contribution in [0.1, 0.15) is 56.1 Å². The van der Waals surface area contributed by atoms with E-state index in [1.54, 1.807) is 19.2 Å². The van der Waals surface area contributed by atoms with Gasteiger partial charge in [-0.25, -0.2) is 9.18 Å². The number of benzene rings is 2. The maximum atomic E-state index is 13.8. The molecule has 0 aromatic heterocycles. The monoisotopic (exact) mass is 479 g/mol. The Morgan fingerprint density at radius 3 is 2.20 bits per heavy atom. The number of amides is 2. The highest BCUT2D eigenvalue weighted by Crippen LogP contribution is 2.49. The van der Waals surface area contributed by atoms with Gasteiger partial charge >= 0.3 is 6.03 Å². The molecule has 0 bridgehead atoms. The predicted molar refractivity (Wildman–Crippen MR) is 136 cm³/mol. The number of nitrogens with zero attached hydrogens (tertiary/aromatic N) is 3. The quantitative estimate of drug-likeness (QED) is 0.516. The van der Waals surface area contributed by atoms with Crippen LogP contribution >= 0.6 is 0 Å². The second-order valence-electron chi connectivity index (χ2n) is 11.1. The molecule has 0 atom stereocenters. The first-order valence-electron chi connectivity index (χ1n) is 13.0. The Bertz CT molecular complexity index is 1020. The van der Waals surface area contributed by atoms with Crippen LogP contribution in [0.15, 0.2) is 48.5 Å². The summed E-state index contributed by atoms with van der Waals surface area (Å²) >= 11 is 0. The summed E-state index contributed by atoms with van der Waals surface area (Å²) in [5.41, 5.74) is 2.04. The lowest BCUT2D eigenvalue weighted by atomic mass is 9.68. The summed E-state index contributed by atoms with van der Waals surface area (Å²) in [5, 5.41) is 0. The highest BCUT2D eigenvalue weighted by molar-refractivity contribution is 5.78. The molecule has 2 aliphatic carbocycles. The molecule has 2 amide bonds. The van der Waals surface area contributed by atoms with Crippen LogP contribution in [0.4, 0.5) is 9.18 Å². The highest BCUT2D eigenvalue weighted by atomic mass is 19.1. The van der Waals surface area contributed by atoms with Crippen molar-refractivity contribution in [3.8, 4) is 5.75 Å². The van der Waals surface area contributed by atoms with Gasteiger partial charge in [-0.3, -0.25) is 4.90 Å². The Hall–Kier alpha value is -2.60. The molecular formula is C29H38FN3O2. The molecule has 3 aliphatic rings. The third-order valence-corrected chi connectivity index (χ3v) is 9.00. The van der Waals surface area contributed by atoms with Crippen molar-refractivity contribution in [2.45, 2.75) is 62.6 Å². The second-order valence-corrected chi connectivity index (χ2v) is 11.1. The lowest BCUT2D eigenvalue weighted by Gasteiger charge is -2.51. The van der Waals surface area contributed by atoms with E-state index in [1.165, 1.54) is 24.8 Å². The fourth-order valence-electron chi connectivity index (χ4n) is 6.47. The maximum absolute atomic E-state index is 13.8. The molecule has 35 heavy (non-hydrogen) atoms. The molecule has 0 unspecified atom stereocenters. The van der Waals surface area contributed by atoms with Crippen molar-refractivity contribution in [3.05, 3.63) is 65.5 Å². The van der Waals surface area contributed by atoms with Gasteiger partial charge in [-0.15, -0.1) is 0 Å². The number of carbonyl (C=O) groups excluding carboxylic acids is 1. The molecule has 1 spiro atoms. The van der Waals surface area contributed by atoms with E-state index in [1.807, 2.05) is 24.3 Å². The summed E-state index contributed by atoms with van der Waals surface area (Å²) in [6.07, 6.45) is 7.57. The number of hydrogen-bond acceptors (Lipinski definition) is 3. The van der Waals surface area contributed by atoms with E-state index in [9.17, 15) is 9.18 Å². The van der Waals surface area contributed by atoms with Crippen molar-refractivity contribution >= 4 is 6.03 Å². The summed E-state index contributed by atoms with van der Waals surface area (Å²) in [4.78, 5) is 20.4. The molecule has 2 saturated carbocycles. The molecule has 6 heteroatoms.